The van der Waals surface area contributed by atoms with Crippen molar-refractivity contribution in [3.8, 4) is 5.75 Å². The normalized spacial score (nSPS) is 19.5. The number of aliphatic carboxylic acids is 1. The average molecular weight is 363 g/mol. The van der Waals surface area contributed by atoms with Gasteiger partial charge in [-0.15, -0.1) is 0 Å². The van der Waals surface area contributed by atoms with Gasteiger partial charge in [-0.05, 0) is 18.9 Å². The lowest BCUT2D eigenvalue weighted by atomic mass is 9.98. The number of amides is 2. The van der Waals surface area contributed by atoms with Crippen molar-refractivity contribution >= 4 is 29.2 Å². The van der Waals surface area contributed by atoms with Gasteiger partial charge in [-0.3, -0.25) is 29.4 Å². The number of piperidine rings is 1. The Bertz CT molecular complexity index is 779. The van der Waals surface area contributed by atoms with E-state index in [1.54, 1.807) is 0 Å². The molecule has 1 saturated heterocycles. The molecule has 2 aliphatic rings. The first-order chi connectivity index (χ1) is 12.4. The SMILES string of the molecule is O=C(O)C1CCCN(C(=O)CN2C(=O)COc3ccc([N+](=O)[O-])cc32)C1. The van der Waals surface area contributed by atoms with Gasteiger partial charge in [-0.25, -0.2) is 0 Å². The van der Waals surface area contributed by atoms with Crippen molar-refractivity contribution in [2.45, 2.75) is 12.8 Å². The molecular weight excluding hydrogens is 346 g/mol. The van der Waals surface area contributed by atoms with Crippen LogP contribution in [0.4, 0.5) is 11.4 Å². The molecule has 0 radical (unpaired) electrons. The number of carboxylic acid groups (broad SMARTS) is 1. The number of nitro benzene ring substituents is 1. The van der Waals surface area contributed by atoms with Crippen LogP contribution in [0.25, 0.3) is 0 Å². The van der Waals surface area contributed by atoms with Crippen molar-refractivity contribution in [1.82, 2.24) is 4.90 Å². The van der Waals surface area contributed by atoms with Gasteiger partial charge in [-0.1, -0.05) is 0 Å². The third-order valence-electron chi connectivity index (χ3n) is 4.51. The average Bonchev–Trinajstić information content (AvgIpc) is 2.63. The Hall–Kier alpha value is -3.17. The van der Waals surface area contributed by atoms with Crippen molar-refractivity contribution in [2.24, 2.45) is 5.92 Å². The molecule has 26 heavy (non-hydrogen) atoms. The predicted octanol–water partition coefficient (Wildman–Crippen LogP) is 0.643. The first-order valence-electron chi connectivity index (χ1n) is 8.09. The highest BCUT2D eigenvalue weighted by molar-refractivity contribution is 6.02. The standard InChI is InChI=1S/C16H17N3O7/c20-14(17-5-1-2-10(7-17)16(22)23)8-18-12-6-11(19(24)25)3-4-13(12)26-9-15(18)21/h3-4,6,10H,1-2,5,7-9H2,(H,22,23). The number of anilines is 1. The summed E-state index contributed by atoms with van der Waals surface area (Å²) in [6, 6.07) is 3.84. The van der Waals surface area contributed by atoms with Crippen molar-refractivity contribution in [1.29, 1.82) is 0 Å². The highest BCUT2D eigenvalue weighted by atomic mass is 16.6. The van der Waals surface area contributed by atoms with Crippen molar-refractivity contribution in [3.63, 3.8) is 0 Å². The van der Waals surface area contributed by atoms with Gasteiger partial charge in [0.15, 0.2) is 6.61 Å². The number of nitro groups is 1. The number of fused-ring (bicyclic) bond motifs is 1. The maximum atomic E-state index is 12.6. The first-order valence-corrected chi connectivity index (χ1v) is 8.09. The fraction of sp³-hybridized carbons (Fsp3) is 0.438. The van der Waals surface area contributed by atoms with E-state index in [0.29, 0.717) is 19.4 Å². The maximum absolute atomic E-state index is 12.6. The Labute approximate surface area is 148 Å². The summed E-state index contributed by atoms with van der Waals surface area (Å²) in [5.74, 6) is -2.18. The Morgan fingerprint density at radius 3 is 2.85 bits per heavy atom. The molecule has 1 aromatic rings. The van der Waals surface area contributed by atoms with Crippen LogP contribution in [0.2, 0.25) is 0 Å². The van der Waals surface area contributed by atoms with Gasteiger partial charge >= 0.3 is 5.97 Å². The van der Waals surface area contributed by atoms with Gasteiger partial charge in [0.1, 0.15) is 12.3 Å². The molecule has 0 aliphatic carbocycles. The Morgan fingerprint density at radius 2 is 2.15 bits per heavy atom. The minimum atomic E-state index is -0.953. The Morgan fingerprint density at radius 1 is 1.38 bits per heavy atom. The van der Waals surface area contributed by atoms with Crippen molar-refractivity contribution in [2.75, 3.05) is 31.1 Å². The number of non-ortho nitro benzene ring substituents is 1. The first kappa shape index (κ1) is 17.6. The molecule has 138 valence electrons. The molecule has 1 fully saturated rings. The number of ether oxygens (including phenoxy) is 1. The highest BCUT2D eigenvalue weighted by Gasteiger charge is 2.33. The van der Waals surface area contributed by atoms with E-state index in [0.717, 1.165) is 4.90 Å². The monoisotopic (exact) mass is 363 g/mol. The number of nitrogens with zero attached hydrogens (tertiary/aromatic N) is 3. The molecule has 2 amide bonds. The van der Waals surface area contributed by atoms with Crippen LogP contribution in [0.15, 0.2) is 18.2 Å². The quantitative estimate of drug-likeness (QED) is 0.613. The van der Waals surface area contributed by atoms with E-state index in [4.69, 9.17) is 9.84 Å². The second-order valence-electron chi connectivity index (χ2n) is 6.19. The van der Waals surface area contributed by atoms with Gasteiger partial charge in [0.25, 0.3) is 11.6 Å². The van der Waals surface area contributed by atoms with E-state index in [1.165, 1.54) is 23.1 Å². The van der Waals surface area contributed by atoms with E-state index in [2.05, 4.69) is 0 Å². The van der Waals surface area contributed by atoms with Crippen LogP contribution in [0.5, 0.6) is 5.75 Å². The summed E-state index contributed by atoms with van der Waals surface area (Å²) in [6.07, 6.45) is 1.08. The van der Waals surface area contributed by atoms with Crippen molar-refractivity contribution in [3.05, 3.63) is 28.3 Å². The van der Waals surface area contributed by atoms with Crippen LogP contribution in [0.1, 0.15) is 12.8 Å². The fourth-order valence-electron chi connectivity index (χ4n) is 3.12. The molecule has 1 N–H and O–H groups in total. The maximum Gasteiger partial charge on any atom is 0.308 e. The second kappa shape index (κ2) is 6.98. The number of carboxylic acids is 1. The van der Waals surface area contributed by atoms with Gasteiger partial charge in [0, 0.05) is 25.2 Å². The summed E-state index contributed by atoms with van der Waals surface area (Å²) in [5, 5.41) is 20.1. The summed E-state index contributed by atoms with van der Waals surface area (Å²) in [5.41, 5.74) is -0.0565. The van der Waals surface area contributed by atoms with Gasteiger partial charge in [0.05, 0.1) is 16.5 Å². The number of carbonyl (C=O) groups excluding carboxylic acids is 2. The molecule has 2 heterocycles. The van der Waals surface area contributed by atoms with Crippen molar-refractivity contribution < 1.29 is 29.2 Å². The molecule has 0 spiro atoms. The Kier molecular flexibility index (Phi) is 4.74. The summed E-state index contributed by atoms with van der Waals surface area (Å²) in [4.78, 5) is 48.9. The lowest BCUT2D eigenvalue weighted by Gasteiger charge is -2.34. The van der Waals surface area contributed by atoms with Crippen LogP contribution in [0, 0.1) is 16.0 Å². The highest BCUT2D eigenvalue weighted by Crippen LogP contribution is 2.35. The molecule has 1 aromatic carbocycles. The molecule has 0 bridgehead atoms. The van der Waals surface area contributed by atoms with E-state index >= 15 is 0 Å². The van der Waals surface area contributed by atoms with Crippen LogP contribution in [-0.2, 0) is 14.4 Å². The zero-order valence-electron chi connectivity index (χ0n) is 13.8. The van der Waals surface area contributed by atoms with Gasteiger partial charge in [-0.2, -0.15) is 0 Å². The second-order valence-corrected chi connectivity index (χ2v) is 6.19. The number of likely N-dealkylation sites (tertiary alicyclic amines) is 1. The molecule has 1 atom stereocenters. The summed E-state index contributed by atoms with van der Waals surface area (Å²) in [7, 11) is 0. The van der Waals surface area contributed by atoms with E-state index < -0.39 is 28.6 Å². The number of carbonyl (C=O) groups is 3. The molecule has 10 nitrogen and oxygen atoms in total. The molecule has 1 unspecified atom stereocenters. The van der Waals surface area contributed by atoms with E-state index in [-0.39, 0.29) is 36.8 Å². The lowest BCUT2D eigenvalue weighted by Crippen LogP contribution is -2.49. The summed E-state index contributed by atoms with van der Waals surface area (Å²) < 4.78 is 5.26. The third kappa shape index (κ3) is 3.44. The summed E-state index contributed by atoms with van der Waals surface area (Å²) >= 11 is 0. The zero-order valence-corrected chi connectivity index (χ0v) is 13.8. The van der Waals surface area contributed by atoms with Gasteiger partial charge < -0.3 is 14.7 Å². The van der Waals surface area contributed by atoms with Crippen LogP contribution in [0.3, 0.4) is 0 Å². The minimum absolute atomic E-state index is 0.0918. The molecule has 0 aromatic heterocycles. The zero-order chi connectivity index (χ0) is 18.8. The summed E-state index contributed by atoms with van der Waals surface area (Å²) in [6.45, 7) is -0.0734. The van der Waals surface area contributed by atoms with E-state index in [1.807, 2.05) is 0 Å². The molecule has 3 rings (SSSR count). The molecule has 10 heteroatoms. The van der Waals surface area contributed by atoms with Crippen LogP contribution in [-0.4, -0.2) is 59.0 Å². The van der Waals surface area contributed by atoms with Gasteiger partial charge in [0.2, 0.25) is 5.91 Å². The molecular formula is C16H17N3O7. The Balaban J connectivity index is 1.80. The van der Waals surface area contributed by atoms with Crippen LogP contribution < -0.4 is 9.64 Å². The molecule has 0 saturated carbocycles. The fourth-order valence-corrected chi connectivity index (χ4v) is 3.12. The number of benzene rings is 1. The van der Waals surface area contributed by atoms with E-state index in [9.17, 15) is 24.5 Å². The molecule has 2 aliphatic heterocycles. The van der Waals surface area contributed by atoms with Crippen LogP contribution >= 0.6 is 0 Å². The number of hydrogen-bond acceptors (Lipinski definition) is 6. The number of rotatable bonds is 4. The topological polar surface area (TPSA) is 130 Å². The predicted molar refractivity (Wildman–Crippen MR) is 87.9 cm³/mol. The largest absolute Gasteiger partial charge is 0.482 e. The third-order valence-corrected chi connectivity index (χ3v) is 4.51. The lowest BCUT2D eigenvalue weighted by molar-refractivity contribution is -0.384. The number of hydrogen-bond donors (Lipinski definition) is 1. The minimum Gasteiger partial charge on any atom is -0.482 e. The smallest absolute Gasteiger partial charge is 0.308 e.